The van der Waals surface area contributed by atoms with Crippen LogP contribution in [-0.2, 0) is 0 Å². The lowest BCUT2D eigenvalue weighted by Crippen LogP contribution is -2.36. The SMILES string of the molecule is COc1cc(Nc2ncc(-c3ccc(C(=O)O)cc3)o2)cc(C(=O)NCCN2CCNC2=O)c1. The number of oxazole rings is 1. The number of hydrogen-bond donors (Lipinski definition) is 4. The molecule has 1 aliphatic rings. The number of rotatable bonds is 9. The van der Waals surface area contributed by atoms with Gasteiger partial charge >= 0.3 is 12.0 Å². The molecule has 11 heteroatoms. The molecule has 0 atom stereocenters. The van der Waals surface area contributed by atoms with Crippen molar-refractivity contribution in [3.8, 4) is 17.1 Å². The van der Waals surface area contributed by atoms with Crippen molar-refractivity contribution < 1.29 is 28.6 Å². The number of nitrogens with zero attached hydrogens (tertiary/aromatic N) is 2. The Morgan fingerprint density at radius 2 is 2.00 bits per heavy atom. The Morgan fingerprint density at radius 1 is 1.21 bits per heavy atom. The highest BCUT2D eigenvalue weighted by Crippen LogP contribution is 2.27. The number of methoxy groups -OCH3 is 1. The average Bonchev–Trinajstić information content (AvgIpc) is 3.47. The van der Waals surface area contributed by atoms with Crippen LogP contribution in [0.4, 0.5) is 16.5 Å². The first kappa shape index (κ1) is 22.6. The Kier molecular flexibility index (Phi) is 6.62. The van der Waals surface area contributed by atoms with Gasteiger partial charge in [0.1, 0.15) is 5.75 Å². The topological polar surface area (TPSA) is 146 Å². The van der Waals surface area contributed by atoms with Gasteiger partial charge in [0.15, 0.2) is 5.76 Å². The molecule has 4 rings (SSSR count). The minimum absolute atomic E-state index is 0.134. The van der Waals surface area contributed by atoms with Crippen molar-refractivity contribution in [3.63, 3.8) is 0 Å². The lowest BCUT2D eigenvalue weighted by Gasteiger charge is -2.15. The molecule has 2 aromatic carbocycles. The molecular weight excluding hydrogens is 442 g/mol. The molecule has 0 radical (unpaired) electrons. The summed E-state index contributed by atoms with van der Waals surface area (Å²) in [6.07, 6.45) is 1.51. The van der Waals surface area contributed by atoms with Crippen molar-refractivity contribution in [3.05, 3.63) is 59.8 Å². The van der Waals surface area contributed by atoms with Crippen molar-refractivity contribution in [2.75, 3.05) is 38.6 Å². The summed E-state index contributed by atoms with van der Waals surface area (Å²) in [5.41, 5.74) is 1.73. The summed E-state index contributed by atoms with van der Waals surface area (Å²) in [6, 6.07) is 11.2. The normalized spacial score (nSPS) is 12.9. The fourth-order valence-electron chi connectivity index (χ4n) is 3.42. The van der Waals surface area contributed by atoms with Crippen LogP contribution in [0, 0.1) is 0 Å². The second kappa shape index (κ2) is 9.94. The molecule has 3 aromatic rings. The fraction of sp³-hybridized carbons (Fsp3) is 0.217. The van der Waals surface area contributed by atoms with Crippen LogP contribution < -0.4 is 20.7 Å². The molecule has 34 heavy (non-hydrogen) atoms. The third kappa shape index (κ3) is 5.26. The molecule has 4 N–H and O–H groups in total. The monoisotopic (exact) mass is 465 g/mol. The van der Waals surface area contributed by atoms with Gasteiger partial charge in [-0.15, -0.1) is 0 Å². The average molecular weight is 465 g/mol. The van der Waals surface area contributed by atoms with Gasteiger partial charge in [0.25, 0.3) is 11.9 Å². The maximum atomic E-state index is 12.6. The van der Waals surface area contributed by atoms with E-state index in [9.17, 15) is 14.4 Å². The number of amides is 3. The first-order chi connectivity index (χ1) is 16.4. The van der Waals surface area contributed by atoms with E-state index in [2.05, 4.69) is 20.9 Å². The molecule has 0 aliphatic carbocycles. The molecule has 1 fully saturated rings. The number of anilines is 2. The molecule has 0 bridgehead atoms. The van der Waals surface area contributed by atoms with Crippen LogP contribution in [0.5, 0.6) is 5.75 Å². The summed E-state index contributed by atoms with van der Waals surface area (Å²) in [4.78, 5) is 41.1. The summed E-state index contributed by atoms with van der Waals surface area (Å²) in [5.74, 6) is -0.407. The lowest BCUT2D eigenvalue weighted by atomic mass is 10.1. The van der Waals surface area contributed by atoms with Crippen LogP contribution in [0.25, 0.3) is 11.3 Å². The van der Waals surface area contributed by atoms with E-state index in [1.165, 1.54) is 25.4 Å². The van der Waals surface area contributed by atoms with Crippen molar-refractivity contribution in [2.45, 2.75) is 0 Å². The van der Waals surface area contributed by atoms with Gasteiger partial charge in [0, 0.05) is 49.1 Å². The van der Waals surface area contributed by atoms with Crippen molar-refractivity contribution in [2.24, 2.45) is 0 Å². The quantitative estimate of drug-likeness (QED) is 0.377. The number of carbonyl (C=O) groups excluding carboxylic acids is 2. The van der Waals surface area contributed by atoms with E-state index in [-0.39, 0.29) is 23.5 Å². The van der Waals surface area contributed by atoms with Gasteiger partial charge in [-0.25, -0.2) is 14.6 Å². The summed E-state index contributed by atoms with van der Waals surface area (Å²) in [6.45, 7) is 1.95. The highest BCUT2D eigenvalue weighted by molar-refractivity contribution is 5.96. The molecule has 1 aromatic heterocycles. The Labute approximate surface area is 194 Å². The van der Waals surface area contributed by atoms with Crippen LogP contribution in [0.3, 0.4) is 0 Å². The number of carboxylic acid groups (broad SMARTS) is 1. The zero-order valence-corrected chi connectivity index (χ0v) is 18.3. The number of aromatic nitrogens is 1. The van der Waals surface area contributed by atoms with E-state index in [1.54, 1.807) is 35.2 Å². The smallest absolute Gasteiger partial charge is 0.335 e. The number of carboxylic acids is 1. The number of urea groups is 1. The second-order valence-electron chi connectivity index (χ2n) is 7.46. The molecule has 0 saturated carbocycles. The number of nitrogens with one attached hydrogen (secondary N) is 3. The number of hydrogen-bond acceptors (Lipinski definition) is 7. The number of aromatic carboxylic acids is 1. The zero-order chi connectivity index (χ0) is 24.1. The maximum Gasteiger partial charge on any atom is 0.335 e. The summed E-state index contributed by atoms with van der Waals surface area (Å²) in [7, 11) is 1.50. The minimum Gasteiger partial charge on any atom is -0.497 e. The lowest BCUT2D eigenvalue weighted by molar-refractivity contribution is 0.0696. The molecule has 3 amide bonds. The predicted molar refractivity (Wildman–Crippen MR) is 122 cm³/mol. The third-order valence-electron chi connectivity index (χ3n) is 5.19. The Hall–Kier alpha value is -4.54. The van der Waals surface area contributed by atoms with E-state index in [0.29, 0.717) is 54.5 Å². The van der Waals surface area contributed by atoms with E-state index in [4.69, 9.17) is 14.3 Å². The van der Waals surface area contributed by atoms with Gasteiger partial charge in [0.05, 0.1) is 18.9 Å². The van der Waals surface area contributed by atoms with Gasteiger partial charge in [-0.05, 0) is 24.3 Å². The van der Waals surface area contributed by atoms with Crippen LogP contribution >= 0.6 is 0 Å². The summed E-state index contributed by atoms with van der Waals surface area (Å²) < 4.78 is 11.0. The predicted octanol–water partition coefficient (Wildman–Crippen LogP) is 2.55. The number of benzene rings is 2. The van der Waals surface area contributed by atoms with Gasteiger partial charge < -0.3 is 35.1 Å². The Morgan fingerprint density at radius 3 is 2.68 bits per heavy atom. The molecule has 11 nitrogen and oxygen atoms in total. The molecule has 0 spiro atoms. The Balaban J connectivity index is 1.43. The molecule has 2 heterocycles. The highest BCUT2D eigenvalue weighted by atomic mass is 16.5. The van der Waals surface area contributed by atoms with E-state index >= 15 is 0 Å². The summed E-state index contributed by atoms with van der Waals surface area (Å²) >= 11 is 0. The third-order valence-corrected chi connectivity index (χ3v) is 5.19. The van der Waals surface area contributed by atoms with Crippen molar-refractivity contribution in [1.82, 2.24) is 20.5 Å². The molecular formula is C23H23N5O6. The fourth-order valence-corrected chi connectivity index (χ4v) is 3.42. The van der Waals surface area contributed by atoms with E-state index in [0.717, 1.165) is 0 Å². The zero-order valence-electron chi connectivity index (χ0n) is 18.3. The summed E-state index contributed by atoms with van der Waals surface area (Å²) in [5, 5.41) is 17.5. The van der Waals surface area contributed by atoms with Crippen LogP contribution in [0.15, 0.2) is 53.1 Å². The number of ether oxygens (including phenoxy) is 1. The van der Waals surface area contributed by atoms with Crippen molar-refractivity contribution in [1.29, 1.82) is 0 Å². The van der Waals surface area contributed by atoms with Crippen LogP contribution in [-0.4, -0.2) is 66.2 Å². The highest BCUT2D eigenvalue weighted by Gasteiger charge is 2.19. The van der Waals surface area contributed by atoms with Crippen LogP contribution in [0.2, 0.25) is 0 Å². The molecule has 1 saturated heterocycles. The van der Waals surface area contributed by atoms with Crippen molar-refractivity contribution >= 4 is 29.6 Å². The van der Waals surface area contributed by atoms with E-state index < -0.39 is 5.97 Å². The van der Waals surface area contributed by atoms with Gasteiger partial charge in [-0.1, -0.05) is 12.1 Å². The van der Waals surface area contributed by atoms with E-state index in [1.807, 2.05) is 0 Å². The molecule has 1 aliphatic heterocycles. The molecule has 176 valence electrons. The number of carbonyl (C=O) groups is 3. The van der Waals surface area contributed by atoms with Crippen LogP contribution in [0.1, 0.15) is 20.7 Å². The van der Waals surface area contributed by atoms with Gasteiger partial charge in [-0.2, -0.15) is 0 Å². The van der Waals surface area contributed by atoms with Gasteiger partial charge in [-0.3, -0.25) is 4.79 Å². The minimum atomic E-state index is -1.01. The maximum absolute atomic E-state index is 12.6. The largest absolute Gasteiger partial charge is 0.497 e. The molecule has 0 unspecified atom stereocenters. The Bertz CT molecular complexity index is 1210. The first-order valence-corrected chi connectivity index (χ1v) is 10.5. The van der Waals surface area contributed by atoms with Gasteiger partial charge in [0.2, 0.25) is 0 Å². The first-order valence-electron chi connectivity index (χ1n) is 10.5. The second-order valence-corrected chi connectivity index (χ2v) is 7.46. The standard InChI is InChI=1S/C23H23N5O6/c1-33-18-11-16(20(29)24-6-8-28-9-7-25-23(28)32)10-17(12-18)27-22-26-13-19(34-22)14-2-4-15(5-3-14)21(30)31/h2-5,10-13H,6-9H2,1H3,(H,24,29)(H,25,32)(H,26,27)(H,30,31).